The number of halogens is 1. The molecule has 8 nitrogen and oxygen atoms in total. The summed E-state index contributed by atoms with van der Waals surface area (Å²) in [5, 5.41) is 11.2. The summed E-state index contributed by atoms with van der Waals surface area (Å²) >= 11 is 5.95. The zero-order chi connectivity index (χ0) is 27.2. The zero-order valence-corrected chi connectivity index (χ0v) is 22.5. The summed E-state index contributed by atoms with van der Waals surface area (Å²) in [4.78, 5) is 27.9. The van der Waals surface area contributed by atoms with Gasteiger partial charge in [0, 0.05) is 22.3 Å². The minimum absolute atomic E-state index is 0.155. The quantitative estimate of drug-likeness (QED) is 0.276. The van der Waals surface area contributed by atoms with Gasteiger partial charge in [0.2, 0.25) is 5.91 Å². The number of hydrogen-bond acceptors (Lipinski definition) is 4. The fourth-order valence-corrected chi connectivity index (χ4v) is 4.17. The number of carbonyl (C=O) groups excluding carboxylic acids is 2. The van der Waals surface area contributed by atoms with Gasteiger partial charge in [-0.25, -0.2) is 9.48 Å². The topological polar surface area (TPSA) is 88.5 Å². The van der Waals surface area contributed by atoms with Crippen molar-refractivity contribution in [1.29, 1.82) is 0 Å². The number of aryl methyl sites for hydroxylation is 1. The second-order valence-corrected chi connectivity index (χ2v) is 9.43. The van der Waals surface area contributed by atoms with Crippen molar-refractivity contribution in [2.45, 2.75) is 26.8 Å². The van der Waals surface area contributed by atoms with Crippen molar-refractivity contribution < 1.29 is 14.3 Å². The Morgan fingerprint density at radius 1 is 0.974 bits per heavy atom. The van der Waals surface area contributed by atoms with Crippen LogP contribution < -0.4 is 15.4 Å². The lowest BCUT2D eigenvalue weighted by Crippen LogP contribution is -2.44. The predicted molar refractivity (Wildman–Crippen MR) is 151 cm³/mol. The highest BCUT2D eigenvalue weighted by atomic mass is 35.5. The van der Waals surface area contributed by atoms with Gasteiger partial charge in [0.15, 0.2) is 0 Å². The Morgan fingerprint density at radius 3 is 2.24 bits per heavy atom. The molecule has 0 aliphatic heterocycles. The number of aromatic nitrogens is 2. The first kappa shape index (κ1) is 26.8. The third-order valence-electron chi connectivity index (χ3n) is 5.99. The van der Waals surface area contributed by atoms with Gasteiger partial charge in [-0.1, -0.05) is 41.9 Å². The number of rotatable bonds is 8. The molecule has 0 fully saturated rings. The highest BCUT2D eigenvalue weighted by molar-refractivity contribution is 6.30. The molecule has 4 aromatic rings. The van der Waals surface area contributed by atoms with E-state index in [9.17, 15) is 9.59 Å². The monoisotopic (exact) mass is 531 g/mol. The maximum Gasteiger partial charge on any atom is 0.322 e. The van der Waals surface area contributed by atoms with Crippen LogP contribution in [0, 0.1) is 6.92 Å². The van der Waals surface area contributed by atoms with E-state index < -0.39 is 0 Å². The summed E-state index contributed by atoms with van der Waals surface area (Å²) in [7, 11) is 1.61. The molecule has 3 amide bonds. The lowest BCUT2D eigenvalue weighted by atomic mass is 10.1. The molecule has 1 aromatic heterocycles. The van der Waals surface area contributed by atoms with Gasteiger partial charge >= 0.3 is 6.03 Å². The van der Waals surface area contributed by atoms with Crippen molar-refractivity contribution in [3.63, 3.8) is 0 Å². The smallest absolute Gasteiger partial charge is 0.322 e. The first-order valence-electron chi connectivity index (χ1n) is 12.2. The van der Waals surface area contributed by atoms with Crippen LogP contribution >= 0.6 is 11.6 Å². The molecule has 0 radical (unpaired) electrons. The molecule has 3 aromatic carbocycles. The van der Waals surface area contributed by atoms with Crippen molar-refractivity contribution >= 4 is 35.0 Å². The predicted octanol–water partition coefficient (Wildman–Crippen LogP) is 6.39. The van der Waals surface area contributed by atoms with Gasteiger partial charge < -0.3 is 20.3 Å². The van der Waals surface area contributed by atoms with E-state index in [-0.39, 0.29) is 24.5 Å². The Labute approximate surface area is 227 Å². The average molecular weight is 532 g/mol. The number of ether oxygens (including phenoxy) is 1. The lowest BCUT2D eigenvalue weighted by Gasteiger charge is -2.26. The maximum absolute atomic E-state index is 13.4. The van der Waals surface area contributed by atoms with E-state index in [2.05, 4.69) is 10.6 Å². The van der Waals surface area contributed by atoms with Gasteiger partial charge in [-0.05, 0) is 74.9 Å². The normalized spacial score (nSPS) is 10.8. The average Bonchev–Trinajstić information content (AvgIpc) is 3.24. The third-order valence-corrected chi connectivity index (χ3v) is 6.24. The van der Waals surface area contributed by atoms with Gasteiger partial charge in [-0.2, -0.15) is 5.10 Å². The standard InChI is InChI=1S/C29H30ClN5O3/c1-19(2)34(29(37)31-23-12-10-22(30)11-13-23)18-26(36)32-28-27(21-8-6-5-7-9-21)20(3)33-35(28)24-14-16-25(38-4)17-15-24/h5-17,19H,18H2,1-4H3,(H,31,37)(H,32,36). The van der Waals surface area contributed by atoms with Crippen molar-refractivity contribution in [1.82, 2.24) is 14.7 Å². The van der Waals surface area contributed by atoms with Crippen LogP contribution in [0.2, 0.25) is 5.02 Å². The van der Waals surface area contributed by atoms with Crippen LogP contribution in [0.15, 0.2) is 78.9 Å². The minimum Gasteiger partial charge on any atom is -0.497 e. The molecule has 0 atom stereocenters. The second-order valence-electron chi connectivity index (χ2n) is 8.99. The Hall–Kier alpha value is -4.30. The third kappa shape index (κ3) is 6.15. The molecule has 4 rings (SSSR count). The second kappa shape index (κ2) is 11.8. The molecule has 1 heterocycles. The Morgan fingerprint density at radius 2 is 1.63 bits per heavy atom. The number of carbonyl (C=O) groups is 2. The Kier molecular flexibility index (Phi) is 8.33. The van der Waals surface area contributed by atoms with Gasteiger partial charge in [0.25, 0.3) is 0 Å². The van der Waals surface area contributed by atoms with E-state index in [0.29, 0.717) is 22.3 Å². The van der Waals surface area contributed by atoms with Crippen LogP contribution in [-0.2, 0) is 4.79 Å². The van der Waals surface area contributed by atoms with Gasteiger partial charge in [-0.3, -0.25) is 4.79 Å². The van der Waals surface area contributed by atoms with Crippen LogP contribution in [0.25, 0.3) is 16.8 Å². The number of hydrogen-bond donors (Lipinski definition) is 2. The molecule has 0 aliphatic carbocycles. The number of amides is 3. The zero-order valence-electron chi connectivity index (χ0n) is 21.7. The van der Waals surface area contributed by atoms with E-state index in [0.717, 1.165) is 22.5 Å². The fraction of sp³-hybridized carbons (Fsp3) is 0.207. The summed E-state index contributed by atoms with van der Waals surface area (Å²) in [6.45, 7) is 5.46. The first-order valence-corrected chi connectivity index (χ1v) is 12.6. The molecule has 196 valence electrons. The molecule has 0 unspecified atom stereocenters. The number of anilines is 2. The number of benzene rings is 3. The Bertz CT molecular complexity index is 1400. The summed E-state index contributed by atoms with van der Waals surface area (Å²) in [5.41, 5.74) is 3.82. The summed E-state index contributed by atoms with van der Waals surface area (Å²) in [6.07, 6.45) is 0. The Balaban J connectivity index is 1.63. The van der Waals surface area contributed by atoms with Crippen LogP contribution in [0.5, 0.6) is 5.75 Å². The highest BCUT2D eigenvalue weighted by Gasteiger charge is 2.24. The molecule has 0 saturated heterocycles. The molecular formula is C29H30ClN5O3. The van der Waals surface area contributed by atoms with Crippen molar-refractivity contribution in [3.05, 3.63) is 89.6 Å². The molecule has 0 saturated carbocycles. The molecule has 0 bridgehead atoms. The minimum atomic E-state index is -0.388. The van der Waals surface area contributed by atoms with Crippen molar-refractivity contribution in [3.8, 4) is 22.6 Å². The van der Waals surface area contributed by atoms with Crippen LogP contribution in [0.4, 0.5) is 16.3 Å². The SMILES string of the molecule is COc1ccc(-n2nc(C)c(-c3ccccc3)c2NC(=O)CN(C(=O)Nc2ccc(Cl)cc2)C(C)C)cc1. The van der Waals surface area contributed by atoms with Crippen LogP contribution in [0.3, 0.4) is 0 Å². The summed E-state index contributed by atoms with van der Waals surface area (Å²) < 4.78 is 6.98. The van der Waals surface area contributed by atoms with Crippen LogP contribution in [0.1, 0.15) is 19.5 Å². The molecule has 0 spiro atoms. The molecule has 9 heteroatoms. The van der Waals surface area contributed by atoms with Crippen LogP contribution in [-0.4, -0.2) is 46.3 Å². The number of methoxy groups -OCH3 is 1. The van der Waals surface area contributed by atoms with Crippen molar-refractivity contribution in [2.24, 2.45) is 0 Å². The van der Waals surface area contributed by atoms with E-state index in [1.807, 2.05) is 75.4 Å². The summed E-state index contributed by atoms with van der Waals surface area (Å²) in [5.74, 6) is 0.883. The number of nitrogens with zero attached hydrogens (tertiary/aromatic N) is 3. The molecular weight excluding hydrogens is 502 g/mol. The number of urea groups is 1. The summed E-state index contributed by atoms with van der Waals surface area (Å²) in [6, 6.07) is 23.3. The van der Waals surface area contributed by atoms with E-state index in [1.165, 1.54) is 4.90 Å². The van der Waals surface area contributed by atoms with Gasteiger partial charge in [-0.15, -0.1) is 0 Å². The van der Waals surface area contributed by atoms with E-state index >= 15 is 0 Å². The van der Waals surface area contributed by atoms with Gasteiger partial charge in [0.1, 0.15) is 18.1 Å². The number of nitrogens with one attached hydrogen (secondary N) is 2. The largest absolute Gasteiger partial charge is 0.497 e. The lowest BCUT2D eigenvalue weighted by molar-refractivity contribution is -0.117. The highest BCUT2D eigenvalue weighted by Crippen LogP contribution is 2.33. The molecule has 2 N–H and O–H groups in total. The van der Waals surface area contributed by atoms with E-state index in [4.69, 9.17) is 21.4 Å². The van der Waals surface area contributed by atoms with Crippen molar-refractivity contribution in [2.75, 3.05) is 24.3 Å². The molecule has 38 heavy (non-hydrogen) atoms. The maximum atomic E-state index is 13.4. The molecule has 0 aliphatic rings. The fourth-order valence-electron chi connectivity index (χ4n) is 4.05. The van der Waals surface area contributed by atoms with Gasteiger partial charge in [0.05, 0.1) is 18.5 Å². The van der Waals surface area contributed by atoms with E-state index in [1.54, 1.807) is 36.1 Å². The first-order chi connectivity index (χ1) is 18.3.